The first-order valence-corrected chi connectivity index (χ1v) is 6.48. The molecule has 1 heterocycles. The molecule has 0 radical (unpaired) electrons. The molecule has 3 rings (SSSR count). The Morgan fingerprint density at radius 2 is 1.74 bits per heavy atom. The number of nitrogens with two attached hydrogens (primary N) is 1. The Balaban J connectivity index is 1.71. The zero-order chi connectivity index (χ0) is 13.1. The molecule has 0 aliphatic rings. The van der Waals surface area contributed by atoms with E-state index in [1.54, 1.807) is 0 Å². The van der Waals surface area contributed by atoms with Crippen molar-refractivity contribution < 1.29 is 4.42 Å². The fourth-order valence-electron chi connectivity index (χ4n) is 2.14. The standard InChI is InChI=1S/C16H16N2O/c17-13(11-10-12-6-2-1-3-7-12)16-18-14-8-4-5-9-15(14)19-16/h1-9,13H,10-11,17H2/t13-/m1/s1. The molecule has 0 unspecified atom stereocenters. The minimum atomic E-state index is -0.160. The summed E-state index contributed by atoms with van der Waals surface area (Å²) in [6.07, 6.45) is 1.76. The van der Waals surface area contributed by atoms with Crippen molar-refractivity contribution in [2.45, 2.75) is 18.9 Å². The molecule has 0 saturated heterocycles. The van der Waals surface area contributed by atoms with Crippen LogP contribution >= 0.6 is 0 Å². The maximum atomic E-state index is 6.15. The number of fused-ring (bicyclic) bond motifs is 1. The van der Waals surface area contributed by atoms with E-state index in [1.165, 1.54) is 5.56 Å². The molecular formula is C16H16N2O. The summed E-state index contributed by atoms with van der Waals surface area (Å²) in [5, 5.41) is 0. The van der Waals surface area contributed by atoms with Gasteiger partial charge in [-0.15, -0.1) is 0 Å². The lowest BCUT2D eigenvalue weighted by Gasteiger charge is -2.06. The highest BCUT2D eigenvalue weighted by molar-refractivity contribution is 5.72. The van der Waals surface area contributed by atoms with E-state index >= 15 is 0 Å². The average molecular weight is 252 g/mol. The van der Waals surface area contributed by atoms with Gasteiger partial charge in [-0.3, -0.25) is 0 Å². The van der Waals surface area contributed by atoms with Crippen LogP contribution in [-0.2, 0) is 6.42 Å². The largest absolute Gasteiger partial charge is 0.439 e. The normalized spacial score (nSPS) is 12.7. The molecule has 0 fully saturated rings. The fourth-order valence-corrected chi connectivity index (χ4v) is 2.14. The molecule has 96 valence electrons. The maximum absolute atomic E-state index is 6.15. The molecule has 2 aromatic carbocycles. The summed E-state index contributed by atoms with van der Waals surface area (Å²) < 4.78 is 5.68. The van der Waals surface area contributed by atoms with Crippen molar-refractivity contribution >= 4 is 11.1 Å². The van der Waals surface area contributed by atoms with E-state index in [9.17, 15) is 0 Å². The Labute approximate surface area is 112 Å². The van der Waals surface area contributed by atoms with Gasteiger partial charge >= 0.3 is 0 Å². The lowest BCUT2D eigenvalue weighted by molar-refractivity contribution is 0.459. The Morgan fingerprint density at radius 1 is 1.00 bits per heavy atom. The third-order valence-electron chi connectivity index (χ3n) is 3.21. The topological polar surface area (TPSA) is 52.0 Å². The molecule has 3 aromatic rings. The molecule has 3 nitrogen and oxygen atoms in total. The molecule has 0 amide bonds. The summed E-state index contributed by atoms with van der Waals surface area (Å²) in [4.78, 5) is 4.43. The minimum absolute atomic E-state index is 0.160. The van der Waals surface area contributed by atoms with E-state index in [0.717, 1.165) is 23.9 Å². The van der Waals surface area contributed by atoms with Crippen LogP contribution in [-0.4, -0.2) is 4.98 Å². The lowest BCUT2D eigenvalue weighted by Crippen LogP contribution is -2.11. The van der Waals surface area contributed by atoms with E-state index in [4.69, 9.17) is 10.2 Å². The third-order valence-corrected chi connectivity index (χ3v) is 3.21. The number of hydrogen-bond acceptors (Lipinski definition) is 3. The zero-order valence-corrected chi connectivity index (χ0v) is 10.6. The van der Waals surface area contributed by atoms with Crippen molar-refractivity contribution in [2.75, 3.05) is 0 Å². The summed E-state index contributed by atoms with van der Waals surface area (Å²) >= 11 is 0. The van der Waals surface area contributed by atoms with Crippen LogP contribution in [0.25, 0.3) is 11.1 Å². The van der Waals surface area contributed by atoms with Gasteiger partial charge in [-0.1, -0.05) is 42.5 Å². The smallest absolute Gasteiger partial charge is 0.212 e. The summed E-state index contributed by atoms with van der Waals surface area (Å²) in [6, 6.07) is 17.9. The van der Waals surface area contributed by atoms with Crippen LogP contribution in [0.15, 0.2) is 59.0 Å². The van der Waals surface area contributed by atoms with Crippen molar-refractivity contribution in [2.24, 2.45) is 5.73 Å². The molecule has 0 aliphatic heterocycles. The summed E-state index contributed by atoms with van der Waals surface area (Å²) in [5.74, 6) is 0.622. The molecule has 0 aliphatic carbocycles. The van der Waals surface area contributed by atoms with Gasteiger partial charge in [0.25, 0.3) is 0 Å². The number of nitrogens with zero attached hydrogens (tertiary/aromatic N) is 1. The molecule has 1 aromatic heterocycles. The van der Waals surface area contributed by atoms with Gasteiger partial charge < -0.3 is 10.2 Å². The second-order valence-corrected chi connectivity index (χ2v) is 4.65. The molecule has 3 heteroatoms. The number of para-hydroxylation sites is 2. The first kappa shape index (κ1) is 11.9. The second kappa shape index (κ2) is 5.24. The van der Waals surface area contributed by atoms with Crippen molar-refractivity contribution in [1.29, 1.82) is 0 Å². The monoisotopic (exact) mass is 252 g/mol. The van der Waals surface area contributed by atoms with Crippen LogP contribution in [0.5, 0.6) is 0 Å². The van der Waals surface area contributed by atoms with E-state index in [-0.39, 0.29) is 6.04 Å². The Hall–Kier alpha value is -2.13. The van der Waals surface area contributed by atoms with E-state index in [1.807, 2.05) is 42.5 Å². The minimum Gasteiger partial charge on any atom is -0.439 e. The Kier molecular flexibility index (Phi) is 3.29. The quantitative estimate of drug-likeness (QED) is 0.773. The number of hydrogen-bond donors (Lipinski definition) is 1. The number of aryl methyl sites for hydroxylation is 1. The van der Waals surface area contributed by atoms with Gasteiger partial charge in [0.15, 0.2) is 5.58 Å². The molecule has 19 heavy (non-hydrogen) atoms. The Bertz CT molecular complexity index is 628. The van der Waals surface area contributed by atoms with Crippen molar-refractivity contribution in [3.63, 3.8) is 0 Å². The number of benzene rings is 2. The third kappa shape index (κ3) is 2.66. The summed E-state index contributed by atoms with van der Waals surface area (Å²) in [5.41, 5.74) is 9.10. The van der Waals surface area contributed by atoms with Crippen LogP contribution in [0, 0.1) is 0 Å². The van der Waals surface area contributed by atoms with Crippen LogP contribution in [0.2, 0.25) is 0 Å². The lowest BCUT2D eigenvalue weighted by atomic mass is 10.1. The average Bonchev–Trinajstić information content (AvgIpc) is 2.90. The van der Waals surface area contributed by atoms with Gasteiger partial charge in [-0.2, -0.15) is 0 Å². The number of oxazole rings is 1. The fraction of sp³-hybridized carbons (Fsp3) is 0.188. The van der Waals surface area contributed by atoms with Gasteiger partial charge in [-0.25, -0.2) is 4.98 Å². The van der Waals surface area contributed by atoms with E-state index < -0.39 is 0 Å². The Morgan fingerprint density at radius 3 is 2.53 bits per heavy atom. The van der Waals surface area contributed by atoms with Crippen molar-refractivity contribution in [3.8, 4) is 0 Å². The van der Waals surface area contributed by atoms with Crippen LogP contribution in [0.4, 0.5) is 0 Å². The van der Waals surface area contributed by atoms with Gasteiger partial charge in [0, 0.05) is 0 Å². The molecule has 0 spiro atoms. The van der Waals surface area contributed by atoms with E-state index in [0.29, 0.717) is 5.89 Å². The highest BCUT2D eigenvalue weighted by atomic mass is 16.3. The van der Waals surface area contributed by atoms with Crippen molar-refractivity contribution in [1.82, 2.24) is 4.98 Å². The SMILES string of the molecule is N[C@H](CCc1ccccc1)c1nc2ccccc2o1. The molecule has 2 N–H and O–H groups in total. The molecule has 0 bridgehead atoms. The number of aromatic nitrogens is 1. The highest BCUT2D eigenvalue weighted by Gasteiger charge is 2.13. The summed E-state index contributed by atoms with van der Waals surface area (Å²) in [6.45, 7) is 0. The molecular weight excluding hydrogens is 236 g/mol. The maximum Gasteiger partial charge on any atom is 0.212 e. The first-order chi connectivity index (χ1) is 9.33. The zero-order valence-electron chi connectivity index (χ0n) is 10.6. The van der Waals surface area contributed by atoms with Crippen LogP contribution < -0.4 is 5.73 Å². The highest BCUT2D eigenvalue weighted by Crippen LogP contribution is 2.21. The summed E-state index contributed by atoms with van der Waals surface area (Å²) in [7, 11) is 0. The van der Waals surface area contributed by atoms with Gasteiger partial charge in [0.1, 0.15) is 5.52 Å². The predicted octanol–water partition coefficient (Wildman–Crippen LogP) is 3.46. The van der Waals surface area contributed by atoms with Gasteiger partial charge in [-0.05, 0) is 30.5 Å². The second-order valence-electron chi connectivity index (χ2n) is 4.65. The first-order valence-electron chi connectivity index (χ1n) is 6.48. The molecule has 0 saturated carbocycles. The predicted molar refractivity (Wildman–Crippen MR) is 75.7 cm³/mol. The van der Waals surface area contributed by atoms with Gasteiger partial charge in [0.2, 0.25) is 5.89 Å². The van der Waals surface area contributed by atoms with E-state index in [2.05, 4.69) is 17.1 Å². The molecule has 1 atom stereocenters. The van der Waals surface area contributed by atoms with Crippen LogP contribution in [0.1, 0.15) is 23.9 Å². The number of rotatable bonds is 4. The van der Waals surface area contributed by atoms with Gasteiger partial charge in [0.05, 0.1) is 6.04 Å². The van der Waals surface area contributed by atoms with Crippen molar-refractivity contribution in [3.05, 3.63) is 66.1 Å². The van der Waals surface area contributed by atoms with Crippen LogP contribution in [0.3, 0.4) is 0 Å².